The van der Waals surface area contributed by atoms with E-state index < -0.39 is 0 Å². The average Bonchev–Trinajstić information content (AvgIpc) is 2.99. The van der Waals surface area contributed by atoms with Crippen LogP contribution in [0.15, 0.2) is 29.2 Å². The molecular formula is C19H26N4OS. The van der Waals surface area contributed by atoms with E-state index in [2.05, 4.69) is 32.1 Å². The van der Waals surface area contributed by atoms with E-state index >= 15 is 0 Å². The fraction of sp³-hybridized carbons (Fsp3) is 0.579. The van der Waals surface area contributed by atoms with Crippen molar-refractivity contribution in [3.05, 3.63) is 40.3 Å². The van der Waals surface area contributed by atoms with Crippen LogP contribution in [0.2, 0.25) is 0 Å². The number of aromatic nitrogens is 2. The summed E-state index contributed by atoms with van der Waals surface area (Å²) in [5.41, 5.74) is 2.78. The Morgan fingerprint density at radius 1 is 1.44 bits per heavy atom. The predicted octanol–water partition coefficient (Wildman–Crippen LogP) is 2.59. The van der Waals surface area contributed by atoms with Crippen LogP contribution in [-0.2, 0) is 24.8 Å². The maximum atomic E-state index is 13.0. The Balaban J connectivity index is 1.44. The smallest absolute Gasteiger partial charge is 0.223 e. The summed E-state index contributed by atoms with van der Waals surface area (Å²) in [5, 5.41) is 11.9. The van der Waals surface area contributed by atoms with Gasteiger partial charge in [0.2, 0.25) is 5.91 Å². The molecule has 0 radical (unpaired) electrons. The van der Waals surface area contributed by atoms with Crippen LogP contribution in [0.1, 0.15) is 36.8 Å². The molecule has 1 atom stereocenters. The van der Waals surface area contributed by atoms with Crippen molar-refractivity contribution in [1.29, 1.82) is 0 Å². The number of aryl methyl sites for hydroxylation is 2. The number of amides is 1. The van der Waals surface area contributed by atoms with Crippen molar-refractivity contribution in [2.45, 2.75) is 44.7 Å². The third kappa shape index (κ3) is 3.65. The van der Waals surface area contributed by atoms with Gasteiger partial charge in [0.15, 0.2) is 0 Å². The molecule has 134 valence electrons. The van der Waals surface area contributed by atoms with Crippen LogP contribution in [0.5, 0.6) is 0 Å². The zero-order chi connectivity index (χ0) is 17.3. The summed E-state index contributed by atoms with van der Waals surface area (Å²) in [4.78, 5) is 15.2. The van der Waals surface area contributed by atoms with E-state index in [1.165, 1.54) is 24.8 Å². The van der Waals surface area contributed by atoms with E-state index in [0.29, 0.717) is 17.9 Å². The van der Waals surface area contributed by atoms with Crippen LogP contribution < -0.4 is 5.32 Å². The van der Waals surface area contributed by atoms with Gasteiger partial charge in [-0.3, -0.25) is 9.48 Å². The molecule has 1 spiro atoms. The monoisotopic (exact) mass is 358 g/mol. The molecule has 2 aromatic rings. The van der Waals surface area contributed by atoms with E-state index in [1.54, 1.807) is 16.0 Å². The molecule has 4 rings (SSSR count). The topological polar surface area (TPSA) is 50.2 Å². The quantitative estimate of drug-likeness (QED) is 0.863. The van der Waals surface area contributed by atoms with Crippen molar-refractivity contribution < 1.29 is 4.79 Å². The summed E-state index contributed by atoms with van der Waals surface area (Å²) in [6.45, 7) is 2.94. The molecule has 1 aliphatic heterocycles. The molecule has 1 saturated heterocycles. The Morgan fingerprint density at radius 3 is 2.96 bits per heavy atom. The molecular weight excluding hydrogens is 332 g/mol. The summed E-state index contributed by atoms with van der Waals surface area (Å²) in [5.74, 6) is 0.287. The number of carbonyl (C=O) groups is 1. The van der Waals surface area contributed by atoms with Crippen molar-refractivity contribution in [1.82, 2.24) is 20.0 Å². The first-order chi connectivity index (χ1) is 12.2. The van der Waals surface area contributed by atoms with Crippen LogP contribution in [0, 0.1) is 5.41 Å². The standard InChI is InChI=1S/C19H26N4OS/c1-22-12-15(11-21-22)2-3-18(24)23(13-16-4-9-25-14-16)17-10-19(17)5-7-20-8-6-19/h4,9,11-12,14,17,20H,2-3,5-8,10,13H2,1H3/t17-/m0/s1. The second kappa shape index (κ2) is 6.92. The zero-order valence-electron chi connectivity index (χ0n) is 14.8. The summed E-state index contributed by atoms with van der Waals surface area (Å²) < 4.78 is 1.80. The Bertz CT molecular complexity index is 718. The average molecular weight is 359 g/mol. The van der Waals surface area contributed by atoms with Crippen LogP contribution in [-0.4, -0.2) is 39.7 Å². The van der Waals surface area contributed by atoms with E-state index in [1.807, 2.05) is 19.4 Å². The number of hydrogen-bond acceptors (Lipinski definition) is 4. The first-order valence-corrected chi connectivity index (χ1v) is 10.1. The first kappa shape index (κ1) is 16.8. The van der Waals surface area contributed by atoms with Gasteiger partial charge >= 0.3 is 0 Å². The van der Waals surface area contributed by atoms with Gasteiger partial charge in [-0.1, -0.05) is 0 Å². The third-order valence-electron chi connectivity index (χ3n) is 5.76. The summed E-state index contributed by atoms with van der Waals surface area (Å²) in [7, 11) is 1.92. The molecule has 0 bridgehead atoms. The number of carbonyl (C=O) groups excluding carboxylic acids is 1. The Kier molecular flexibility index (Phi) is 4.65. The van der Waals surface area contributed by atoms with Gasteiger partial charge in [-0.25, -0.2) is 0 Å². The van der Waals surface area contributed by atoms with Gasteiger partial charge < -0.3 is 10.2 Å². The lowest BCUT2D eigenvalue weighted by atomic mass is 9.93. The van der Waals surface area contributed by atoms with Crippen LogP contribution in [0.3, 0.4) is 0 Å². The van der Waals surface area contributed by atoms with Crippen molar-refractivity contribution in [2.24, 2.45) is 12.5 Å². The fourth-order valence-electron chi connectivity index (χ4n) is 4.18. The second-order valence-electron chi connectivity index (χ2n) is 7.51. The minimum absolute atomic E-state index is 0.287. The lowest BCUT2D eigenvalue weighted by molar-refractivity contribution is -0.133. The van der Waals surface area contributed by atoms with Crippen LogP contribution in [0.4, 0.5) is 0 Å². The van der Waals surface area contributed by atoms with Gasteiger partial charge in [-0.2, -0.15) is 16.4 Å². The molecule has 5 nitrogen and oxygen atoms in total. The van der Waals surface area contributed by atoms with Crippen molar-refractivity contribution >= 4 is 17.2 Å². The molecule has 2 aromatic heterocycles. The van der Waals surface area contributed by atoms with Gasteiger partial charge in [0, 0.05) is 32.3 Å². The van der Waals surface area contributed by atoms with Gasteiger partial charge in [0.05, 0.1) is 6.20 Å². The van der Waals surface area contributed by atoms with E-state index in [9.17, 15) is 4.79 Å². The van der Waals surface area contributed by atoms with Gasteiger partial charge in [-0.15, -0.1) is 0 Å². The van der Waals surface area contributed by atoms with Crippen molar-refractivity contribution in [3.8, 4) is 0 Å². The Hall–Kier alpha value is -1.66. The van der Waals surface area contributed by atoms with E-state index in [-0.39, 0.29) is 5.91 Å². The number of nitrogens with one attached hydrogen (secondary N) is 1. The van der Waals surface area contributed by atoms with Crippen molar-refractivity contribution in [2.75, 3.05) is 13.1 Å². The normalized spacial score (nSPS) is 21.4. The van der Waals surface area contributed by atoms with Gasteiger partial charge in [0.25, 0.3) is 0 Å². The lowest BCUT2D eigenvalue weighted by Crippen LogP contribution is -2.39. The highest BCUT2D eigenvalue weighted by atomic mass is 32.1. The van der Waals surface area contributed by atoms with E-state index in [4.69, 9.17) is 0 Å². The predicted molar refractivity (Wildman–Crippen MR) is 99.3 cm³/mol. The van der Waals surface area contributed by atoms with Crippen molar-refractivity contribution in [3.63, 3.8) is 0 Å². The number of nitrogens with zero attached hydrogens (tertiary/aromatic N) is 3. The highest BCUT2D eigenvalue weighted by Crippen LogP contribution is 2.56. The largest absolute Gasteiger partial charge is 0.335 e. The molecule has 0 unspecified atom stereocenters. The SMILES string of the molecule is Cn1cc(CCC(=O)N(Cc2ccsc2)[C@H]2CC23CCNCC3)cn1. The minimum atomic E-state index is 0.287. The highest BCUT2D eigenvalue weighted by Gasteiger charge is 2.57. The summed E-state index contributed by atoms with van der Waals surface area (Å²) in [6, 6.07) is 2.57. The minimum Gasteiger partial charge on any atom is -0.335 e. The Labute approximate surface area is 153 Å². The molecule has 1 aliphatic carbocycles. The Morgan fingerprint density at radius 2 is 2.28 bits per heavy atom. The van der Waals surface area contributed by atoms with Crippen LogP contribution >= 0.6 is 11.3 Å². The molecule has 3 heterocycles. The summed E-state index contributed by atoms with van der Waals surface area (Å²) in [6.07, 6.45) is 8.79. The first-order valence-electron chi connectivity index (χ1n) is 9.15. The molecule has 1 saturated carbocycles. The molecule has 1 amide bonds. The lowest BCUT2D eigenvalue weighted by Gasteiger charge is -2.29. The third-order valence-corrected chi connectivity index (χ3v) is 6.49. The number of thiophene rings is 1. The van der Waals surface area contributed by atoms with E-state index in [0.717, 1.165) is 31.6 Å². The van der Waals surface area contributed by atoms with Gasteiger partial charge in [-0.05, 0) is 72.1 Å². The molecule has 2 fully saturated rings. The number of piperidine rings is 1. The molecule has 25 heavy (non-hydrogen) atoms. The summed E-state index contributed by atoms with van der Waals surface area (Å²) >= 11 is 1.71. The zero-order valence-corrected chi connectivity index (χ0v) is 15.6. The molecule has 0 aromatic carbocycles. The molecule has 6 heteroatoms. The van der Waals surface area contributed by atoms with Gasteiger partial charge in [0.1, 0.15) is 0 Å². The highest BCUT2D eigenvalue weighted by molar-refractivity contribution is 7.07. The number of hydrogen-bond donors (Lipinski definition) is 1. The maximum Gasteiger partial charge on any atom is 0.223 e. The fourth-order valence-corrected chi connectivity index (χ4v) is 4.84. The number of rotatable bonds is 6. The molecule has 2 aliphatic rings. The second-order valence-corrected chi connectivity index (χ2v) is 8.29. The molecule has 1 N–H and O–H groups in total. The van der Waals surface area contributed by atoms with Crippen LogP contribution in [0.25, 0.3) is 0 Å². The maximum absolute atomic E-state index is 13.0.